The fourth-order valence-electron chi connectivity index (χ4n) is 2.82. The van der Waals surface area contributed by atoms with Crippen LogP contribution in [-0.2, 0) is 4.74 Å². The molecule has 2 aliphatic rings. The number of nitrogens with zero attached hydrogens (tertiary/aromatic N) is 3. The number of anilines is 1. The van der Waals surface area contributed by atoms with Gasteiger partial charge in [-0.3, -0.25) is 0 Å². The smallest absolute Gasteiger partial charge is 0.407 e. The number of alkyl carbamates (subject to hydrolysis) is 1. The summed E-state index contributed by atoms with van der Waals surface area (Å²) in [5.74, 6) is 1.13. The van der Waals surface area contributed by atoms with Gasteiger partial charge in [-0.05, 0) is 52.9 Å². The number of carbonyl (C=O) groups excluding carboxylic acids is 1. The third-order valence-electron chi connectivity index (χ3n) is 4.06. The number of aromatic nitrogens is 3. The van der Waals surface area contributed by atoms with E-state index in [-0.39, 0.29) is 18.2 Å². The van der Waals surface area contributed by atoms with E-state index in [0.717, 1.165) is 25.0 Å². The molecule has 2 fully saturated rings. The van der Waals surface area contributed by atoms with E-state index in [1.165, 1.54) is 12.8 Å². The molecule has 2 aliphatic carbocycles. The largest absolute Gasteiger partial charge is 0.444 e. The molecule has 1 amide bonds. The molecule has 0 bridgehead atoms. The van der Waals surface area contributed by atoms with Gasteiger partial charge < -0.3 is 15.4 Å². The summed E-state index contributed by atoms with van der Waals surface area (Å²) in [6, 6.07) is 0.379. The summed E-state index contributed by atoms with van der Waals surface area (Å²) in [5.41, 5.74) is 0.523. The SMILES string of the molecule is CC(C)(C)OC(=O)NC1CC[C@H](Nc2ncc(C3CC3)nn2)C1. The highest BCUT2D eigenvalue weighted by Gasteiger charge is 2.29. The van der Waals surface area contributed by atoms with Crippen LogP contribution in [0.4, 0.5) is 10.7 Å². The van der Waals surface area contributed by atoms with E-state index in [2.05, 4.69) is 25.8 Å². The summed E-state index contributed by atoms with van der Waals surface area (Å²) < 4.78 is 5.29. The van der Waals surface area contributed by atoms with Crippen LogP contribution >= 0.6 is 0 Å². The lowest BCUT2D eigenvalue weighted by Gasteiger charge is -2.21. The lowest BCUT2D eigenvalue weighted by molar-refractivity contribution is 0.0505. The van der Waals surface area contributed by atoms with Crippen LogP contribution in [0.3, 0.4) is 0 Å². The number of ether oxygens (including phenoxy) is 1. The average molecular weight is 319 g/mol. The van der Waals surface area contributed by atoms with E-state index in [4.69, 9.17) is 4.74 Å². The van der Waals surface area contributed by atoms with Crippen molar-refractivity contribution in [1.82, 2.24) is 20.5 Å². The number of nitrogens with one attached hydrogen (secondary N) is 2. The van der Waals surface area contributed by atoms with Crippen LogP contribution in [-0.4, -0.2) is 39.0 Å². The third kappa shape index (κ3) is 4.77. The molecule has 0 aromatic carbocycles. The van der Waals surface area contributed by atoms with Gasteiger partial charge in [-0.25, -0.2) is 9.78 Å². The Morgan fingerprint density at radius 1 is 1.17 bits per heavy atom. The van der Waals surface area contributed by atoms with Crippen LogP contribution in [0.2, 0.25) is 0 Å². The molecule has 7 nitrogen and oxygen atoms in total. The topological polar surface area (TPSA) is 89.0 Å². The van der Waals surface area contributed by atoms with E-state index < -0.39 is 5.60 Å². The van der Waals surface area contributed by atoms with E-state index in [0.29, 0.717) is 11.9 Å². The second-order valence-corrected chi connectivity index (χ2v) is 7.48. The summed E-state index contributed by atoms with van der Waals surface area (Å²) >= 11 is 0. The molecular formula is C16H25N5O2. The second-order valence-electron chi connectivity index (χ2n) is 7.48. The predicted molar refractivity (Wildman–Crippen MR) is 86.2 cm³/mol. The Morgan fingerprint density at radius 2 is 1.91 bits per heavy atom. The lowest BCUT2D eigenvalue weighted by atomic mass is 10.2. The first kappa shape index (κ1) is 16.0. The Morgan fingerprint density at radius 3 is 2.52 bits per heavy atom. The molecule has 23 heavy (non-hydrogen) atoms. The van der Waals surface area contributed by atoms with Crippen molar-refractivity contribution in [3.05, 3.63) is 11.9 Å². The fraction of sp³-hybridized carbons (Fsp3) is 0.750. The lowest BCUT2D eigenvalue weighted by Crippen LogP contribution is -2.38. The van der Waals surface area contributed by atoms with Gasteiger partial charge in [-0.1, -0.05) is 0 Å². The molecule has 2 N–H and O–H groups in total. The van der Waals surface area contributed by atoms with E-state index >= 15 is 0 Å². The van der Waals surface area contributed by atoms with Gasteiger partial charge in [-0.2, -0.15) is 0 Å². The zero-order valence-electron chi connectivity index (χ0n) is 14.0. The van der Waals surface area contributed by atoms with Crippen LogP contribution in [0.15, 0.2) is 6.20 Å². The van der Waals surface area contributed by atoms with Crippen molar-refractivity contribution in [1.29, 1.82) is 0 Å². The van der Waals surface area contributed by atoms with Crippen LogP contribution in [0.5, 0.6) is 0 Å². The molecule has 1 heterocycles. The van der Waals surface area contributed by atoms with Gasteiger partial charge in [0.1, 0.15) is 5.60 Å². The quantitative estimate of drug-likeness (QED) is 0.887. The van der Waals surface area contributed by atoms with Crippen molar-refractivity contribution in [2.45, 2.75) is 76.5 Å². The zero-order valence-corrected chi connectivity index (χ0v) is 14.0. The van der Waals surface area contributed by atoms with Crippen LogP contribution < -0.4 is 10.6 Å². The first-order valence-corrected chi connectivity index (χ1v) is 8.35. The molecule has 3 rings (SSSR count). The summed E-state index contributed by atoms with van der Waals surface area (Å²) in [6.45, 7) is 5.59. The highest BCUT2D eigenvalue weighted by molar-refractivity contribution is 5.68. The maximum atomic E-state index is 11.8. The van der Waals surface area contributed by atoms with Gasteiger partial charge in [0.2, 0.25) is 5.95 Å². The molecular weight excluding hydrogens is 294 g/mol. The Kier molecular flexibility index (Phi) is 4.37. The minimum Gasteiger partial charge on any atom is -0.444 e. The van der Waals surface area contributed by atoms with E-state index in [1.54, 1.807) is 0 Å². The van der Waals surface area contributed by atoms with Crippen molar-refractivity contribution in [3.63, 3.8) is 0 Å². The van der Waals surface area contributed by atoms with E-state index in [1.807, 2.05) is 27.0 Å². The monoisotopic (exact) mass is 319 g/mol. The third-order valence-corrected chi connectivity index (χ3v) is 4.06. The maximum Gasteiger partial charge on any atom is 0.407 e. The average Bonchev–Trinajstić information content (AvgIpc) is 3.20. The minimum absolute atomic E-state index is 0.126. The number of rotatable bonds is 4. The van der Waals surface area contributed by atoms with Gasteiger partial charge in [0, 0.05) is 18.0 Å². The van der Waals surface area contributed by atoms with Gasteiger partial charge >= 0.3 is 6.09 Å². The molecule has 0 spiro atoms. The predicted octanol–water partition coefficient (Wildman–Crippen LogP) is 2.61. The molecule has 126 valence electrons. The standard InChI is InChI=1S/C16H25N5O2/c1-16(2,3)23-15(22)19-12-7-6-11(8-12)18-14-17-9-13(20-21-14)10-4-5-10/h9-12H,4-8H2,1-3H3,(H,19,22)(H,17,18,21)/t11-,12?/m0/s1. The maximum absolute atomic E-state index is 11.8. The second kappa shape index (κ2) is 6.29. The van der Waals surface area contributed by atoms with Crippen LogP contribution in [0.25, 0.3) is 0 Å². The summed E-state index contributed by atoms with van der Waals surface area (Å²) in [5, 5.41) is 14.6. The Labute approximate surface area is 136 Å². The van der Waals surface area contributed by atoms with E-state index in [9.17, 15) is 4.79 Å². The molecule has 2 atom stereocenters. The molecule has 7 heteroatoms. The fourth-order valence-corrected chi connectivity index (χ4v) is 2.82. The van der Waals surface area contributed by atoms with Crippen molar-refractivity contribution < 1.29 is 9.53 Å². The molecule has 2 saturated carbocycles. The zero-order chi connectivity index (χ0) is 16.4. The van der Waals surface area contributed by atoms with Crippen molar-refractivity contribution in [2.24, 2.45) is 0 Å². The Bertz CT molecular complexity index is 551. The van der Waals surface area contributed by atoms with Crippen molar-refractivity contribution in [3.8, 4) is 0 Å². The Hall–Kier alpha value is -1.92. The first-order chi connectivity index (χ1) is 10.9. The molecule has 0 aliphatic heterocycles. The summed E-state index contributed by atoms with van der Waals surface area (Å²) in [6.07, 6.45) is 6.59. The molecule has 0 saturated heterocycles. The van der Waals surface area contributed by atoms with Gasteiger partial charge in [-0.15, -0.1) is 10.2 Å². The molecule has 1 unspecified atom stereocenters. The highest BCUT2D eigenvalue weighted by Crippen LogP contribution is 2.38. The van der Waals surface area contributed by atoms with Crippen LogP contribution in [0, 0.1) is 0 Å². The molecule has 1 aromatic rings. The molecule has 1 aromatic heterocycles. The van der Waals surface area contributed by atoms with Crippen molar-refractivity contribution >= 4 is 12.0 Å². The van der Waals surface area contributed by atoms with Crippen molar-refractivity contribution in [2.75, 3.05) is 5.32 Å². The number of amides is 1. The summed E-state index contributed by atoms with van der Waals surface area (Å²) in [4.78, 5) is 16.1. The number of hydrogen-bond donors (Lipinski definition) is 2. The first-order valence-electron chi connectivity index (χ1n) is 8.35. The minimum atomic E-state index is -0.469. The van der Waals surface area contributed by atoms with Gasteiger partial charge in [0.15, 0.2) is 0 Å². The normalized spacial score (nSPS) is 24.3. The highest BCUT2D eigenvalue weighted by atomic mass is 16.6. The van der Waals surface area contributed by atoms with Gasteiger partial charge in [0.25, 0.3) is 0 Å². The van der Waals surface area contributed by atoms with Gasteiger partial charge in [0.05, 0.1) is 11.9 Å². The Balaban J connectivity index is 1.45. The molecule has 0 radical (unpaired) electrons. The number of hydrogen-bond acceptors (Lipinski definition) is 6. The van der Waals surface area contributed by atoms with Crippen LogP contribution in [0.1, 0.15) is 64.5 Å². The summed E-state index contributed by atoms with van der Waals surface area (Å²) in [7, 11) is 0. The number of carbonyl (C=O) groups is 1.